The first-order valence-electron chi connectivity index (χ1n) is 11.1. The molecule has 8 nitrogen and oxygen atoms in total. The second kappa shape index (κ2) is 8.69. The van der Waals surface area contributed by atoms with E-state index in [9.17, 15) is 17.4 Å². The van der Waals surface area contributed by atoms with Crippen molar-refractivity contribution in [2.45, 2.75) is 71.2 Å². The van der Waals surface area contributed by atoms with Crippen LogP contribution in [0.4, 0.5) is 10.5 Å². The van der Waals surface area contributed by atoms with Crippen molar-refractivity contribution in [2.75, 3.05) is 24.1 Å². The second-order valence-corrected chi connectivity index (χ2v) is 14.6. The molecule has 33 heavy (non-hydrogen) atoms. The number of carbonyl (C=O) groups excluding carboxylic acids is 1. The molecule has 0 saturated carbocycles. The maximum absolute atomic E-state index is 13.0. The molecule has 10 heteroatoms. The van der Waals surface area contributed by atoms with Crippen LogP contribution in [0.5, 0.6) is 0 Å². The quantitative estimate of drug-likeness (QED) is 0.682. The summed E-state index contributed by atoms with van der Waals surface area (Å²) in [5.41, 5.74) is 2.24. The molecule has 0 radical (unpaired) electrons. The number of benzene rings is 1. The minimum atomic E-state index is -3.40. The average molecular weight is 498 g/mol. The lowest BCUT2D eigenvalue weighted by Crippen LogP contribution is -2.47. The lowest BCUT2D eigenvalue weighted by atomic mass is 9.74. The Morgan fingerprint density at radius 3 is 2.27 bits per heavy atom. The average Bonchev–Trinajstić information content (AvgIpc) is 2.91. The number of hydrogen-bond acceptors (Lipinski definition) is 5. The number of sulfonamides is 1. The molecule has 0 bridgehead atoms. The number of piperidine rings is 1. The molecule has 0 unspecified atom stereocenters. The van der Waals surface area contributed by atoms with Crippen LogP contribution in [0.1, 0.15) is 65.5 Å². The van der Waals surface area contributed by atoms with Crippen LogP contribution in [-0.4, -0.2) is 59.0 Å². The van der Waals surface area contributed by atoms with Gasteiger partial charge in [0.05, 0.1) is 16.7 Å². The summed E-state index contributed by atoms with van der Waals surface area (Å²) in [4.78, 5) is 14.3. The van der Waals surface area contributed by atoms with E-state index < -0.39 is 31.4 Å². The zero-order valence-electron chi connectivity index (χ0n) is 20.5. The number of amides is 1. The highest BCUT2D eigenvalue weighted by Crippen LogP contribution is 2.46. The van der Waals surface area contributed by atoms with Gasteiger partial charge in [-0.15, -0.1) is 0 Å². The third-order valence-electron chi connectivity index (χ3n) is 5.77. The Labute approximate surface area is 199 Å². The van der Waals surface area contributed by atoms with E-state index in [1.807, 2.05) is 53.7 Å². The summed E-state index contributed by atoms with van der Waals surface area (Å²) in [6, 6.07) is 5.40. The fraction of sp³-hybridized carbons (Fsp3) is 0.652. The van der Waals surface area contributed by atoms with E-state index in [1.165, 1.54) is 0 Å². The van der Waals surface area contributed by atoms with Crippen molar-refractivity contribution in [2.24, 2.45) is 9.81 Å². The van der Waals surface area contributed by atoms with Crippen LogP contribution in [0.2, 0.25) is 0 Å². The Hall–Kier alpha value is -1.94. The molecule has 1 atom stereocenters. The van der Waals surface area contributed by atoms with E-state index >= 15 is 0 Å². The highest BCUT2D eigenvalue weighted by Gasteiger charge is 2.47. The molecular formula is C23H35N3O5S2. The first kappa shape index (κ1) is 25.7. The van der Waals surface area contributed by atoms with E-state index in [4.69, 9.17) is 9.13 Å². The van der Waals surface area contributed by atoms with Gasteiger partial charge < -0.3 is 9.64 Å². The minimum absolute atomic E-state index is 0.329. The summed E-state index contributed by atoms with van der Waals surface area (Å²) in [5.74, 6) is 0. The van der Waals surface area contributed by atoms with Crippen LogP contribution in [0.25, 0.3) is 0 Å². The molecule has 1 saturated heterocycles. The SMILES string of the molecule is CC(C)(C)OC(=O)N1CCC2(CC1)Cc1cc(NS(C)(=O)=O)ccc1C2=N[S@](=O)C(C)(C)C. The smallest absolute Gasteiger partial charge is 0.410 e. The van der Waals surface area contributed by atoms with Crippen molar-refractivity contribution >= 4 is 38.5 Å². The molecule has 2 aliphatic rings. The third-order valence-corrected chi connectivity index (χ3v) is 7.77. The van der Waals surface area contributed by atoms with Crippen LogP contribution < -0.4 is 4.72 Å². The van der Waals surface area contributed by atoms with Gasteiger partial charge in [0, 0.05) is 29.8 Å². The lowest BCUT2D eigenvalue weighted by molar-refractivity contribution is 0.0159. The number of nitrogens with zero attached hydrogens (tertiary/aromatic N) is 2. The topological polar surface area (TPSA) is 105 Å². The van der Waals surface area contributed by atoms with Crippen molar-refractivity contribution in [3.05, 3.63) is 29.3 Å². The van der Waals surface area contributed by atoms with Crippen molar-refractivity contribution in [3.8, 4) is 0 Å². The molecule has 1 heterocycles. The largest absolute Gasteiger partial charge is 0.444 e. The molecule has 1 aromatic carbocycles. The molecule has 1 aromatic rings. The third kappa shape index (κ3) is 6.15. The van der Waals surface area contributed by atoms with Gasteiger partial charge in [-0.1, -0.05) is 6.07 Å². The van der Waals surface area contributed by atoms with Gasteiger partial charge in [-0.05, 0) is 78.5 Å². The van der Waals surface area contributed by atoms with Gasteiger partial charge in [0.1, 0.15) is 16.6 Å². The summed E-state index contributed by atoms with van der Waals surface area (Å²) in [7, 11) is -4.84. The number of fused-ring (bicyclic) bond motifs is 1. The van der Waals surface area contributed by atoms with Gasteiger partial charge in [-0.25, -0.2) is 17.4 Å². The van der Waals surface area contributed by atoms with Crippen molar-refractivity contribution < 1.29 is 22.2 Å². The number of nitrogens with one attached hydrogen (secondary N) is 1. The minimum Gasteiger partial charge on any atom is -0.444 e. The fourth-order valence-corrected chi connectivity index (χ4v) is 5.49. The van der Waals surface area contributed by atoms with Gasteiger partial charge in [-0.2, -0.15) is 4.40 Å². The first-order valence-corrected chi connectivity index (χ1v) is 14.1. The van der Waals surface area contributed by atoms with Gasteiger partial charge in [0.25, 0.3) is 0 Å². The number of likely N-dealkylation sites (tertiary alicyclic amines) is 1. The Morgan fingerprint density at radius 2 is 1.76 bits per heavy atom. The number of rotatable bonds is 3. The Bertz CT molecular complexity index is 1090. The van der Waals surface area contributed by atoms with E-state index in [0.29, 0.717) is 38.0 Å². The van der Waals surface area contributed by atoms with E-state index in [2.05, 4.69) is 4.72 Å². The molecule has 1 aliphatic carbocycles. The van der Waals surface area contributed by atoms with Gasteiger partial charge in [-0.3, -0.25) is 4.72 Å². The van der Waals surface area contributed by atoms with E-state index in [-0.39, 0.29) is 11.5 Å². The standard InChI is InChI=1S/C23H35N3O5S2/c1-21(2,3)31-20(27)26-12-10-23(11-13-26)15-16-14-17(25-33(7,29)30)8-9-18(16)19(23)24-32(28)22(4,5)6/h8-9,14,25H,10-13,15H2,1-7H3/t32-/m1/s1. The Kier molecular flexibility index (Phi) is 6.76. The zero-order chi connectivity index (χ0) is 24.8. The summed E-state index contributed by atoms with van der Waals surface area (Å²) in [6.45, 7) is 12.2. The van der Waals surface area contributed by atoms with E-state index in [0.717, 1.165) is 23.1 Å². The molecular weight excluding hydrogens is 462 g/mol. The molecule has 0 aromatic heterocycles. The normalized spacial score (nSPS) is 20.6. The molecule has 184 valence electrons. The summed E-state index contributed by atoms with van der Waals surface area (Å²) < 4.78 is 48.6. The van der Waals surface area contributed by atoms with E-state index in [1.54, 1.807) is 11.0 Å². The van der Waals surface area contributed by atoms with Crippen LogP contribution in [0.3, 0.4) is 0 Å². The molecule has 1 fully saturated rings. The molecule has 1 N–H and O–H groups in total. The Morgan fingerprint density at radius 1 is 1.15 bits per heavy atom. The summed E-state index contributed by atoms with van der Waals surface area (Å²) in [6.07, 6.45) is 2.77. The molecule has 1 amide bonds. The van der Waals surface area contributed by atoms with Crippen molar-refractivity contribution in [1.29, 1.82) is 0 Å². The predicted octanol–water partition coefficient (Wildman–Crippen LogP) is 3.88. The number of carbonyl (C=O) groups is 1. The monoisotopic (exact) mass is 497 g/mol. The van der Waals surface area contributed by atoms with Gasteiger partial charge in [0.15, 0.2) is 0 Å². The zero-order valence-corrected chi connectivity index (χ0v) is 22.2. The van der Waals surface area contributed by atoms with Crippen LogP contribution in [0.15, 0.2) is 22.6 Å². The number of hydrogen-bond donors (Lipinski definition) is 1. The molecule has 3 rings (SSSR count). The second-order valence-electron chi connectivity index (χ2n) is 11.0. The predicted molar refractivity (Wildman–Crippen MR) is 133 cm³/mol. The van der Waals surface area contributed by atoms with Crippen LogP contribution >= 0.6 is 0 Å². The highest BCUT2D eigenvalue weighted by atomic mass is 32.2. The van der Waals surface area contributed by atoms with Crippen molar-refractivity contribution in [1.82, 2.24) is 4.90 Å². The van der Waals surface area contributed by atoms with Gasteiger partial charge >= 0.3 is 6.09 Å². The highest BCUT2D eigenvalue weighted by molar-refractivity contribution is 7.92. The van der Waals surface area contributed by atoms with Crippen LogP contribution in [-0.2, 0) is 32.2 Å². The summed E-state index contributed by atoms with van der Waals surface area (Å²) in [5, 5.41) is 0. The molecule has 1 aliphatic heterocycles. The maximum Gasteiger partial charge on any atom is 0.410 e. The maximum atomic E-state index is 13.0. The fourth-order valence-electron chi connectivity index (χ4n) is 4.21. The number of ether oxygens (including phenoxy) is 1. The first-order chi connectivity index (χ1) is 15.0. The molecule has 1 spiro atoms. The Balaban J connectivity index is 1.94. The lowest BCUT2D eigenvalue weighted by Gasteiger charge is -2.40. The van der Waals surface area contributed by atoms with Gasteiger partial charge in [0.2, 0.25) is 10.0 Å². The van der Waals surface area contributed by atoms with Crippen LogP contribution in [0, 0.1) is 5.41 Å². The van der Waals surface area contributed by atoms with Crippen molar-refractivity contribution in [3.63, 3.8) is 0 Å². The summed E-state index contributed by atoms with van der Waals surface area (Å²) >= 11 is 0. The number of anilines is 1.